The maximum Gasteiger partial charge on any atom is 0.298 e. The van der Waals surface area contributed by atoms with Crippen LogP contribution in [0.25, 0.3) is 11.3 Å². The molecule has 1 fully saturated rings. The predicted octanol–water partition coefficient (Wildman–Crippen LogP) is 1.98. The maximum atomic E-state index is 12.9. The van der Waals surface area contributed by atoms with E-state index in [1.807, 2.05) is 12.1 Å². The second-order valence-corrected chi connectivity index (χ2v) is 6.51. The Labute approximate surface area is 155 Å². The van der Waals surface area contributed by atoms with Gasteiger partial charge < -0.3 is 9.47 Å². The van der Waals surface area contributed by atoms with E-state index in [4.69, 9.17) is 21.1 Å². The molecule has 0 bridgehead atoms. The molecule has 0 spiro atoms. The number of imidazole rings is 1. The van der Waals surface area contributed by atoms with Gasteiger partial charge in [0.2, 0.25) is 5.65 Å². The maximum absolute atomic E-state index is 12.9. The van der Waals surface area contributed by atoms with Crippen LogP contribution in [-0.2, 0) is 11.3 Å². The van der Waals surface area contributed by atoms with Crippen LogP contribution in [0.15, 0.2) is 41.5 Å². The van der Waals surface area contributed by atoms with Crippen molar-refractivity contribution in [3.05, 3.63) is 57.9 Å². The third-order valence-electron chi connectivity index (χ3n) is 4.53. The van der Waals surface area contributed by atoms with Crippen molar-refractivity contribution in [3.8, 4) is 11.4 Å². The molecule has 0 amide bonds. The average molecular weight is 375 g/mol. The Balaban J connectivity index is 1.74. The SMILES string of the molecule is COc1ccc(-n2cc(Cl)n3c(CN4CCOCC4)cnc3c2=O)cc1. The predicted molar refractivity (Wildman–Crippen MR) is 98.4 cm³/mol. The average Bonchev–Trinajstić information content (AvgIpc) is 3.10. The van der Waals surface area contributed by atoms with Crippen LogP contribution in [0, 0.1) is 0 Å². The molecule has 1 aliphatic rings. The number of hydrogen-bond donors (Lipinski definition) is 0. The summed E-state index contributed by atoms with van der Waals surface area (Å²) in [7, 11) is 1.60. The van der Waals surface area contributed by atoms with Gasteiger partial charge in [-0.05, 0) is 24.3 Å². The van der Waals surface area contributed by atoms with Crippen LogP contribution in [-0.4, -0.2) is 52.3 Å². The van der Waals surface area contributed by atoms with Crippen LogP contribution in [0.2, 0.25) is 5.15 Å². The molecule has 136 valence electrons. The molecule has 7 nitrogen and oxygen atoms in total. The minimum atomic E-state index is -0.215. The zero-order valence-corrected chi connectivity index (χ0v) is 15.1. The lowest BCUT2D eigenvalue weighted by Crippen LogP contribution is -2.36. The Bertz CT molecular complexity index is 975. The molecule has 3 aromatic rings. The van der Waals surface area contributed by atoms with E-state index in [9.17, 15) is 4.79 Å². The minimum absolute atomic E-state index is 0.215. The second-order valence-electron chi connectivity index (χ2n) is 6.12. The summed E-state index contributed by atoms with van der Waals surface area (Å²) < 4.78 is 13.8. The van der Waals surface area contributed by atoms with E-state index in [0.717, 1.165) is 37.7 Å². The zero-order chi connectivity index (χ0) is 18.1. The van der Waals surface area contributed by atoms with Crippen LogP contribution >= 0.6 is 11.6 Å². The number of halogens is 1. The first-order chi connectivity index (χ1) is 12.7. The number of morpholine rings is 1. The van der Waals surface area contributed by atoms with Gasteiger partial charge in [0.15, 0.2) is 0 Å². The molecule has 4 rings (SSSR count). The molecule has 3 heterocycles. The number of benzene rings is 1. The van der Waals surface area contributed by atoms with Crippen molar-refractivity contribution < 1.29 is 9.47 Å². The molecule has 0 atom stereocenters. The van der Waals surface area contributed by atoms with Gasteiger partial charge in [-0.15, -0.1) is 0 Å². The summed E-state index contributed by atoms with van der Waals surface area (Å²) in [5, 5.41) is 0.441. The fourth-order valence-electron chi connectivity index (χ4n) is 3.14. The molecule has 8 heteroatoms. The highest BCUT2D eigenvalue weighted by Crippen LogP contribution is 2.19. The highest BCUT2D eigenvalue weighted by molar-refractivity contribution is 6.29. The van der Waals surface area contributed by atoms with E-state index in [-0.39, 0.29) is 5.56 Å². The van der Waals surface area contributed by atoms with Crippen molar-refractivity contribution in [2.75, 3.05) is 33.4 Å². The van der Waals surface area contributed by atoms with E-state index in [1.54, 1.807) is 36.0 Å². The summed E-state index contributed by atoms with van der Waals surface area (Å²) in [4.78, 5) is 19.5. The van der Waals surface area contributed by atoms with Gasteiger partial charge in [-0.2, -0.15) is 0 Å². The number of aromatic nitrogens is 3. The first-order valence-corrected chi connectivity index (χ1v) is 8.77. The van der Waals surface area contributed by atoms with Crippen molar-refractivity contribution in [3.63, 3.8) is 0 Å². The molecule has 26 heavy (non-hydrogen) atoms. The molecule has 0 unspecified atom stereocenters. The van der Waals surface area contributed by atoms with Crippen LogP contribution in [0.5, 0.6) is 5.75 Å². The standard InChI is InChI=1S/C18H19ClN4O3/c1-25-15-4-2-13(3-5-15)22-12-16(19)23-14(10-20-17(23)18(22)24)11-21-6-8-26-9-7-21/h2-5,10,12H,6-9,11H2,1H3. The summed E-state index contributed by atoms with van der Waals surface area (Å²) in [5.41, 5.74) is 1.70. The van der Waals surface area contributed by atoms with Crippen molar-refractivity contribution in [2.24, 2.45) is 0 Å². The topological polar surface area (TPSA) is 61.0 Å². The van der Waals surface area contributed by atoms with Gasteiger partial charge in [0.1, 0.15) is 10.9 Å². The van der Waals surface area contributed by atoms with Crippen LogP contribution < -0.4 is 10.3 Å². The molecule has 1 aromatic carbocycles. The molecule has 0 aliphatic carbocycles. The van der Waals surface area contributed by atoms with Gasteiger partial charge in [0, 0.05) is 31.5 Å². The van der Waals surface area contributed by atoms with Crippen molar-refractivity contribution in [1.29, 1.82) is 0 Å². The summed E-state index contributed by atoms with van der Waals surface area (Å²) in [6.07, 6.45) is 3.35. The second kappa shape index (κ2) is 7.11. The fraction of sp³-hybridized carbons (Fsp3) is 0.333. The highest BCUT2D eigenvalue weighted by atomic mass is 35.5. The third kappa shape index (κ3) is 3.09. The van der Waals surface area contributed by atoms with Crippen LogP contribution in [0.4, 0.5) is 0 Å². The number of nitrogens with zero attached hydrogens (tertiary/aromatic N) is 4. The molecular weight excluding hydrogens is 356 g/mol. The van der Waals surface area contributed by atoms with Crippen molar-refractivity contribution in [2.45, 2.75) is 6.54 Å². The molecule has 1 aliphatic heterocycles. The summed E-state index contributed by atoms with van der Waals surface area (Å²) >= 11 is 6.50. The molecule has 0 saturated carbocycles. The first-order valence-electron chi connectivity index (χ1n) is 8.39. The quantitative estimate of drug-likeness (QED) is 0.698. The summed E-state index contributed by atoms with van der Waals surface area (Å²) in [5.74, 6) is 0.725. The van der Waals surface area contributed by atoms with Crippen LogP contribution in [0.3, 0.4) is 0 Å². The number of rotatable bonds is 4. The Morgan fingerprint density at radius 1 is 1.23 bits per heavy atom. The largest absolute Gasteiger partial charge is 0.497 e. The van der Waals surface area contributed by atoms with Gasteiger partial charge in [0.05, 0.1) is 32.2 Å². The lowest BCUT2D eigenvalue weighted by atomic mass is 10.3. The molecule has 2 aromatic heterocycles. The smallest absolute Gasteiger partial charge is 0.298 e. The van der Waals surface area contributed by atoms with Crippen molar-refractivity contribution >= 4 is 17.2 Å². The van der Waals surface area contributed by atoms with Crippen LogP contribution in [0.1, 0.15) is 5.69 Å². The third-order valence-corrected chi connectivity index (χ3v) is 4.80. The highest BCUT2D eigenvalue weighted by Gasteiger charge is 2.17. The van der Waals surface area contributed by atoms with Crippen molar-refractivity contribution in [1.82, 2.24) is 18.9 Å². The summed E-state index contributed by atoms with van der Waals surface area (Å²) in [6, 6.07) is 7.22. The molecular formula is C18H19ClN4O3. The minimum Gasteiger partial charge on any atom is -0.497 e. The van der Waals surface area contributed by atoms with E-state index in [0.29, 0.717) is 23.0 Å². The van der Waals surface area contributed by atoms with E-state index < -0.39 is 0 Å². The first kappa shape index (κ1) is 17.1. The summed E-state index contributed by atoms with van der Waals surface area (Å²) in [6.45, 7) is 3.82. The number of fused-ring (bicyclic) bond motifs is 1. The Morgan fingerprint density at radius 2 is 1.96 bits per heavy atom. The lowest BCUT2D eigenvalue weighted by Gasteiger charge is -2.26. The normalized spacial score (nSPS) is 15.5. The number of hydrogen-bond acceptors (Lipinski definition) is 5. The van der Waals surface area contributed by atoms with Gasteiger partial charge in [-0.3, -0.25) is 18.7 Å². The Kier molecular flexibility index (Phi) is 4.67. The number of methoxy groups -OCH3 is 1. The van der Waals surface area contributed by atoms with E-state index in [2.05, 4.69) is 9.88 Å². The van der Waals surface area contributed by atoms with E-state index in [1.165, 1.54) is 4.57 Å². The molecule has 0 N–H and O–H groups in total. The molecule has 1 saturated heterocycles. The zero-order valence-electron chi connectivity index (χ0n) is 14.4. The lowest BCUT2D eigenvalue weighted by molar-refractivity contribution is 0.0335. The van der Waals surface area contributed by atoms with E-state index >= 15 is 0 Å². The number of ether oxygens (including phenoxy) is 2. The molecule has 0 radical (unpaired) electrons. The van der Waals surface area contributed by atoms with Gasteiger partial charge in [0.25, 0.3) is 5.56 Å². The van der Waals surface area contributed by atoms with Gasteiger partial charge in [-0.1, -0.05) is 11.6 Å². The fourth-order valence-corrected chi connectivity index (χ4v) is 3.43. The monoisotopic (exact) mass is 374 g/mol. The Morgan fingerprint density at radius 3 is 2.65 bits per heavy atom. The Hall–Kier alpha value is -2.35. The van der Waals surface area contributed by atoms with Gasteiger partial charge >= 0.3 is 0 Å². The van der Waals surface area contributed by atoms with Gasteiger partial charge in [-0.25, -0.2) is 4.98 Å².